The van der Waals surface area contributed by atoms with E-state index < -0.39 is 0 Å². The Kier molecular flexibility index (Phi) is 5.24. The Morgan fingerprint density at radius 1 is 1.05 bits per heavy atom. The highest BCUT2D eigenvalue weighted by atomic mass is 35.5. The lowest BCUT2D eigenvalue weighted by molar-refractivity contribution is 0.300. The zero-order valence-electron chi connectivity index (χ0n) is 12.6. The van der Waals surface area contributed by atoms with Gasteiger partial charge in [-0.1, -0.05) is 50.6 Å². The molecule has 0 fully saturated rings. The molecule has 1 atom stereocenters. The van der Waals surface area contributed by atoms with Gasteiger partial charge >= 0.3 is 0 Å². The summed E-state index contributed by atoms with van der Waals surface area (Å²) >= 11 is 5.98. The van der Waals surface area contributed by atoms with Gasteiger partial charge in [0.05, 0.1) is 5.02 Å². The van der Waals surface area contributed by atoms with Crippen LogP contribution in [-0.2, 0) is 6.61 Å². The van der Waals surface area contributed by atoms with Crippen molar-refractivity contribution in [2.75, 3.05) is 0 Å². The van der Waals surface area contributed by atoms with E-state index in [0.717, 1.165) is 0 Å². The monoisotopic (exact) mass is 306 g/mol. The smallest absolute Gasteiger partial charge is 0.131 e. The van der Waals surface area contributed by atoms with E-state index >= 15 is 0 Å². The maximum absolute atomic E-state index is 13.6. The number of hydrogen-bond acceptors (Lipinski definition) is 1. The van der Waals surface area contributed by atoms with Crippen LogP contribution in [0.2, 0.25) is 5.02 Å². The molecule has 0 bridgehead atoms. The average Bonchev–Trinajstić information content (AvgIpc) is 2.46. The maximum Gasteiger partial charge on any atom is 0.131 e. The van der Waals surface area contributed by atoms with Gasteiger partial charge in [0.15, 0.2) is 0 Å². The van der Waals surface area contributed by atoms with E-state index in [1.54, 1.807) is 12.1 Å². The topological polar surface area (TPSA) is 9.23 Å². The molecule has 2 aromatic rings. The van der Waals surface area contributed by atoms with Gasteiger partial charge in [-0.2, -0.15) is 0 Å². The van der Waals surface area contributed by atoms with Gasteiger partial charge in [0.2, 0.25) is 0 Å². The molecule has 3 heteroatoms. The van der Waals surface area contributed by atoms with E-state index in [9.17, 15) is 4.39 Å². The highest BCUT2D eigenvalue weighted by Gasteiger charge is 2.10. The number of hydrogen-bond donors (Lipinski definition) is 0. The fraction of sp³-hybridized carbons (Fsp3) is 0.333. The molecule has 0 heterocycles. The molecule has 0 saturated carbocycles. The molecule has 112 valence electrons. The molecule has 0 aromatic heterocycles. The first-order valence-electron chi connectivity index (χ1n) is 7.14. The van der Waals surface area contributed by atoms with Crippen molar-refractivity contribution in [2.24, 2.45) is 5.92 Å². The summed E-state index contributed by atoms with van der Waals surface area (Å²) < 4.78 is 19.3. The summed E-state index contributed by atoms with van der Waals surface area (Å²) in [4.78, 5) is 0. The Bertz CT molecular complexity index is 572. The Balaban J connectivity index is 2.04. The van der Waals surface area contributed by atoms with Gasteiger partial charge in [-0.05, 0) is 41.7 Å². The van der Waals surface area contributed by atoms with Crippen molar-refractivity contribution in [2.45, 2.75) is 33.3 Å². The van der Waals surface area contributed by atoms with E-state index in [0.29, 0.717) is 28.2 Å². The third-order valence-electron chi connectivity index (χ3n) is 3.85. The van der Waals surface area contributed by atoms with Gasteiger partial charge in [0, 0.05) is 5.56 Å². The van der Waals surface area contributed by atoms with Crippen molar-refractivity contribution in [3.8, 4) is 5.75 Å². The molecule has 0 aliphatic heterocycles. The van der Waals surface area contributed by atoms with Gasteiger partial charge in [-0.3, -0.25) is 0 Å². The van der Waals surface area contributed by atoms with Gasteiger partial charge < -0.3 is 4.74 Å². The lowest BCUT2D eigenvalue weighted by atomic mass is 9.90. The normalized spacial score (nSPS) is 12.5. The standard InChI is InChI=1S/C18H20ClFO/c1-12(2)13(3)14-7-9-15(10-8-14)21-11-16-17(19)5-4-6-18(16)20/h4-10,12-13H,11H2,1-3H3/t13-/m1/s1. The first-order chi connectivity index (χ1) is 9.99. The average molecular weight is 307 g/mol. The largest absolute Gasteiger partial charge is 0.489 e. The molecule has 0 aliphatic rings. The van der Waals surface area contributed by atoms with Gasteiger partial charge in [-0.25, -0.2) is 4.39 Å². The minimum absolute atomic E-state index is 0.130. The van der Waals surface area contributed by atoms with Crippen LogP contribution in [0.4, 0.5) is 4.39 Å². The number of halogens is 2. The zero-order chi connectivity index (χ0) is 15.4. The van der Waals surface area contributed by atoms with Gasteiger partial charge in [0.25, 0.3) is 0 Å². The molecule has 0 spiro atoms. The Labute approximate surface area is 130 Å². The summed E-state index contributed by atoms with van der Waals surface area (Å²) in [7, 11) is 0. The minimum Gasteiger partial charge on any atom is -0.489 e. The van der Waals surface area contributed by atoms with E-state index in [4.69, 9.17) is 16.3 Å². The van der Waals surface area contributed by atoms with Crippen LogP contribution < -0.4 is 4.74 Å². The predicted octanol–water partition coefficient (Wildman–Crippen LogP) is 5.82. The second-order valence-corrected chi connectivity index (χ2v) is 6.00. The van der Waals surface area contributed by atoms with Crippen LogP contribution >= 0.6 is 11.6 Å². The number of rotatable bonds is 5. The highest BCUT2D eigenvalue weighted by Crippen LogP contribution is 2.26. The van der Waals surface area contributed by atoms with Crippen LogP contribution in [0.5, 0.6) is 5.75 Å². The van der Waals surface area contributed by atoms with Crippen molar-refractivity contribution in [3.63, 3.8) is 0 Å². The van der Waals surface area contributed by atoms with Crippen LogP contribution in [-0.4, -0.2) is 0 Å². The fourth-order valence-corrected chi connectivity index (χ4v) is 2.30. The molecule has 1 nitrogen and oxygen atoms in total. The van der Waals surface area contributed by atoms with Crippen molar-refractivity contribution < 1.29 is 9.13 Å². The quantitative estimate of drug-likeness (QED) is 0.676. The molecule has 2 rings (SSSR count). The van der Waals surface area contributed by atoms with Crippen LogP contribution in [0.25, 0.3) is 0 Å². The molecular formula is C18H20ClFO. The number of ether oxygens (including phenoxy) is 1. The number of benzene rings is 2. The second-order valence-electron chi connectivity index (χ2n) is 5.59. The Hall–Kier alpha value is -1.54. The SMILES string of the molecule is CC(C)[C@@H](C)c1ccc(OCc2c(F)cccc2Cl)cc1. The molecule has 0 amide bonds. The lowest BCUT2D eigenvalue weighted by Gasteiger charge is -2.16. The molecule has 0 aliphatic carbocycles. The van der Waals surface area contributed by atoms with Gasteiger partial charge in [-0.15, -0.1) is 0 Å². The van der Waals surface area contributed by atoms with E-state index in [1.807, 2.05) is 12.1 Å². The van der Waals surface area contributed by atoms with Crippen LogP contribution in [0, 0.1) is 11.7 Å². The van der Waals surface area contributed by atoms with Gasteiger partial charge in [0.1, 0.15) is 18.2 Å². The summed E-state index contributed by atoms with van der Waals surface area (Å²) in [5, 5.41) is 0.389. The highest BCUT2D eigenvalue weighted by molar-refractivity contribution is 6.31. The summed E-state index contributed by atoms with van der Waals surface area (Å²) in [6.07, 6.45) is 0. The molecule has 0 saturated heterocycles. The van der Waals surface area contributed by atoms with E-state index in [2.05, 4.69) is 32.9 Å². The first kappa shape index (κ1) is 15.8. The summed E-state index contributed by atoms with van der Waals surface area (Å²) in [5.41, 5.74) is 1.67. The first-order valence-corrected chi connectivity index (χ1v) is 7.52. The molecule has 0 radical (unpaired) electrons. The third-order valence-corrected chi connectivity index (χ3v) is 4.20. The summed E-state index contributed by atoms with van der Waals surface area (Å²) in [6.45, 7) is 6.74. The second kappa shape index (κ2) is 6.95. The minimum atomic E-state index is -0.340. The molecule has 21 heavy (non-hydrogen) atoms. The van der Waals surface area contributed by atoms with Crippen LogP contribution in [0.3, 0.4) is 0 Å². The lowest BCUT2D eigenvalue weighted by Crippen LogP contribution is -2.02. The predicted molar refractivity (Wildman–Crippen MR) is 85.4 cm³/mol. The summed E-state index contributed by atoms with van der Waals surface area (Å²) in [5.74, 6) is 1.47. The molecular weight excluding hydrogens is 287 g/mol. The fourth-order valence-electron chi connectivity index (χ4n) is 2.08. The van der Waals surface area contributed by atoms with Crippen molar-refractivity contribution >= 4 is 11.6 Å². The molecule has 0 unspecified atom stereocenters. The van der Waals surface area contributed by atoms with E-state index in [-0.39, 0.29) is 12.4 Å². The van der Waals surface area contributed by atoms with Crippen LogP contribution in [0.1, 0.15) is 37.8 Å². The van der Waals surface area contributed by atoms with Crippen molar-refractivity contribution in [1.29, 1.82) is 0 Å². The maximum atomic E-state index is 13.6. The van der Waals surface area contributed by atoms with Crippen molar-refractivity contribution in [1.82, 2.24) is 0 Å². The zero-order valence-corrected chi connectivity index (χ0v) is 13.3. The Morgan fingerprint density at radius 3 is 2.29 bits per heavy atom. The van der Waals surface area contributed by atoms with E-state index in [1.165, 1.54) is 11.6 Å². The molecule has 0 N–H and O–H groups in total. The van der Waals surface area contributed by atoms with Crippen LogP contribution in [0.15, 0.2) is 42.5 Å². The van der Waals surface area contributed by atoms with Crippen molar-refractivity contribution in [3.05, 3.63) is 64.4 Å². The third kappa shape index (κ3) is 3.98. The molecule has 2 aromatic carbocycles. The summed E-state index contributed by atoms with van der Waals surface area (Å²) in [6, 6.07) is 12.6. The Morgan fingerprint density at radius 2 is 1.71 bits per heavy atom.